The highest BCUT2D eigenvalue weighted by Crippen LogP contribution is 2.14. The third-order valence-corrected chi connectivity index (χ3v) is 2.27. The minimum atomic E-state index is 0.400. The fraction of sp³-hybridized carbons (Fsp3) is 0.778. The van der Waals surface area contributed by atoms with E-state index in [2.05, 4.69) is 19.1 Å². The predicted molar refractivity (Wildman–Crippen MR) is 44.7 cm³/mol. The van der Waals surface area contributed by atoms with Crippen molar-refractivity contribution in [3.8, 4) is 0 Å². The molecule has 0 bridgehead atoms. The topological polar surface area (TPSA) is 26.0 Å². The lowest BCUT2D eigenvalue weighted by molar-refractivity contribution is 0.470. The molecule has 1 aliphatic rings. The van der Waals surface area contributed by atoms with E-state index in [0.29, 0.717) is 12.0 Å². The van der Waals surface area contributed by atoms with E-state index in [9.17, 15) is 0 Å². The van der Waals surface area contributed by atoms with Crippen molar-refractivity contribution in [2.45, 2.75) is 38.6 Å². The lowest BCUT2D eigenvalue weighted by Crippen LogP contribution is -2.27. The van der Waals surface area contributed by atoms with E-state index in [1.807, 2.05) is 0 Å². The number of nitrogens with two attached hydrogens (primary N) is 1. The Morgan fingerprint density at radius 3 is 3.00 bits per heavy atom. The molecular formula is C9H17N. The Morgan fingerprint density at radius 2 is 2.20 bits per heavy atom. The Labute approximate surface area is 63.3 Å². The smallest absolute Gasteiger partial charge is 0.00992 e. The van der Waals surface area contributed by atoms with Gasteiger partial charge in [0.15, 0.2) is 0 Å². The second-order valence-electron chi connectivity index (χ2n) is 3.24. The maximum atomic E-state index is 5.90. The Bertz CT molecular complexity index is 118. The van der Waals surface area contributed by atoms with Crippen LogP contribution in [0.25, 0.3) is 0 Å². The van der Waals surface area contributed by atoms with Gasteiger partial charge in [-0.3, -0.25) is 0 Å². The summed E-state index contributed by atoms with van der Waals surface area (Å²) < 4.78 is 0. The maximum absolute atomic E-state index is 5.90. The van der Waals surface area contributed by atoms with E-state index < -0.39 is 0 Å². The van der Waals surface area contributed by atoms with Crippen LogP contribution in [0.15, 0.2) is 12.2 Å². The SMILES string of the molecule is CC1C=CCCCCC1N. The van der Waals surface area contributed by atoms with Crippen molar-refractivity contribution >= 4 is 0 Å². The molecule has 0 fully saturated rings. The number of rotatable bonds is 0. The van der Waals surface area contributed by atoms with Crippen LogP contribution in [0.2, 0.25) is 0 Å². The first-order chi connectivity index (χ1) is 4.80. The van der Waals surface area contributed by atoms with Gasteiger partial charge in [0.2, 0.25) is 0 Å². The molecule has 0 aliphatic heterocycles. The number of hydrogen-bond donors (Lipinski definition) is 1. The molecule has 1 aliphatic carbocycles. The molecule has 0 saturated carbocycles. The molecule has 1 rings (SSSR count). The molecule has 0 saturated heterocycles. The first kappa shape index (κ1) is 7.80. The molecule has 0 heterocycles. The fourth-order valence-corrected chi connectivity index (χ4v) is 1.36. The third-order valence-electron chi connectivity index (χ3n) is 2.27. The average Bonchev–Trinajstić information content (AvgIpc) is 1.92. The summed E-state index contributed by atoms with van der Waals surface area (Å²) in [4.78, 5) is 0. The zero-order valence-corrected chi connectivity index (χ0v) is 6.72. The number of hydrogen-bond acceptors (Lipinski definition) is 1. The van der Waals surface area contributed by atoms with Crippen LogP contribution in [0.4, 0.5) is 0 Å². The Balaban J connectivity index is 2.44. The van der Waals surface area contributed by atoms with E-state index in [1.165, 1.54) is 25.7 Å². The monoisotopic (exact) mass is 139 g/mol. The summed E-state index contributed by atoms with van der Waals surface area (Å²) in [5.41, 5.74) is 5.90. The Hall–Kier alpha value is -0.300. The van der Waals surface area contributed by atoms with Gasteiger partial charge in [0.25, 0.3) is 0 Å². The van der Waals surface area contributed by atoms with Gasteiger partial charge in [-0.25, -0.2) is 0 Å². The standard InChI is InChI=1S/C9H17N/c1-8-6-4-2-3-5-7-9(8)10/h4,6,8-9H,2-3,5,7,10H2,1H3. The zero-order chi connectivity index (χ0) is 7.40. The van der Waals surface area contributed by atoms with Gasteiger partial charge in [-0.15, -0.1) is 0 Å². The zero-order valence-electron chi connectivity index (χ0n) is 6.72. The molecule has 1 nitrogen and oxygen atoms in total. The van der Waals surface area contributed by atoms with Crippen molar-refractivity contribution in [1.29, 1.82) is 0 Å². The molecule has 0 amide bonds. The molecule has 2 N–H and O–H groups in total. The van der Waals surface area contributed by atoms with Crippen LogP contribution in [0.5, 0.6) is 0 Å². The second kappa shape index (κ2) is 3.77. The Morgan fingerprint density at radius 1 is 1.40 bits per heavy atom. The average molecular weight is 139 g/mol. The van der Waals surface area contributed by atoms with Gasteiger partial charge in [-0.1, -0.05) is 25.5 Å². The van der Waals surface area contributed by atoms with Gasteiger partial charge in [-0.05, 0) is 25.2 Å². The summed E-state index contributed by atoms with van der Waals surface area (Å²) in [6, 6.07) is 0.400. The minimum Gasteiger partial charge on any atom is -0.327 e. The quantitative estimate of drug-likeness (QED) is 0.511. The molecular weight excluding hydrogens is 122 g/mol. The van der Waals surface area contributed by atoms with Crippen LogP contribution >= 0.6 is 0 Å². The van der Waals surface area contributed by atoms with E-state index >= 15 is 0 Å². The molecule has 0 aromatic carbocycles. The van der Waals surface area contributed by atoms with Crippen molar-refractivity contribution in [2.75, 3.05) is 0 Å². The van der Waals surface area contributed by atoms with Crippen molar-refractivity contribution in [3.63, 3.8) is 0 Å². The summed E-state index contributed by atoms with van der Waals surface area (Å²) in [6.45, 7) is 2.20. The van der Waals surface area contributed by atoms with Gasteiger partial charge >= 0.3 is 0 Å². The van der Waals surface area contributed by atoms with Crippen LogP contribution in [-0.2, 0) is 0 Å². The molecule has 0 aromatic heterocycles. The highest BCUT2D eigenvalue weighted by Gasteiger charge is 2.09. The largest absolute Gasteiger partial charge is 0.327 e. The highest BCUT2D eigenvalue weighted by atomic mass is 14.6. The minimum absolute atomic E-state index is 0.400. The molecule has 0 radical (unpaired) electrons. The lowest BCUT2D eigenvalue weighted by Gasteiger charge is -2.18. The van der Waals surface area contributed by atoms with Crippen LogP contribution in [0.1, 0.15) is 32.6 Å². The molecule has 2 atom stereocenters. The van der Waals surface area contributed by atoms with Crippen LogP contribution < -0.4 is 5.73 Å². The van der Waals surface area contributed by atoms with Crippen molar-refractivity contribution in [3.05, 3.63) is 12.2 Å². The predicted octanol–water partition coefficient (Wildman–Crippen LogP) is 2.08. The van der Waals surface area contributed by atoms with Gasteiger partial charge in [0.05, 0.1) is 0 Å². The van der Waals surface area contributed by atoms with Crippen molar-refractivity contribution < 1.29 is 0 Å². The van der Waals surface area contributed by atoms with Gasteiger partial charge in [0, 0.05) is 6.04 Å². The summed E-state index contributed by atoms with van der Waals surface area (Å²) >= 11 is 0. The fourth-order valence-electron chi connectivity index (χ4n) is 1.36. The van der Waals surface area contributed by atoms with E-state index in [-0.39, 0.29) is 0 Å². The van der Waals surface area contributed by atoms with Crippen LogP contribution in [-0.4, -0.2) is 6.04 Å². The summed E-state index contributed by atoms with van der Waals surface area (Å²) in [5.74, 6) is 0.584. The molecule has 58 valence electrons. The van der Waals surface area contributed by atoms with E-state index in [1.54, 1.807) is 0 Å². The molecule has 0 spiro atoms. The lowest BCUT2D eigenvalue weighted by atomic mass is 9.94. The highest BCUT2D eigenvalue weighted by molar-refractivity contribution is 4.92. The van der Waals surface area contributed by atoms with Gasteiger partial charge < -0.3 is 5.73 Å². The van der Waals surface area contributed by atoms with Crippen LogP contribution in [0, 0.1) is 5.92 Å². The summed E-state index contributed by atoms with van der Waals surface area (Å²) in [7, 11) is 0. The van der Waals surface area contributed by atoms with Gasteiger partial charge in [-0.2, -0.15) is 0 Å². The van der Waals surface area contributed by atoms with Gasteiger partial charge in [0.1, 0.15) is 0 Å². The first-order valence-electron chi connectivity index (χ1n) is 4.23. The molecule has 2 unspecified atom stereocenters. The maximum Gasteiger partial charge on any atom is 0.00992 e. The third kappa shape index (κ3) is 2.14. The molecule has 10 heavy (non-hydrogen) atoms. The first-order valence-corrected chi connectivity index (χ1v) is 4.23. The van der Waals surface area contributed by atoms with E-state index in [0.717, 1.165) is 0 Å². The normalized spacial score (nSPS) is 35.0. The summed E-state index contributed by atoms with van der Waals surface area (Å²) in [5, 5.41) is 0. The second-order valence-corrected chi connectivity index (χ2v) is 3.24. The molecule has 1 heteroatoms. The van der Waals surface area contributed by atoms with Crippen LogP contribution in [0.3, 0.4) is 0 Å². The molecule has 0 aromatic rings. The van der Waals surface area contributed by atoms with E-state index in [4.69, 9.17) is 5.73 Å². The Kier molecular flexibility index (Phi) is 2.94. The van der Waals surface area contributed by atoms with Crippen molar-refractivity contribution in [1.82, 2.24) is 0 Å². The summed E-state index contributed by atoms with van der Waals surface area (Å²) in [6.07, 6.45) is 9.59. The number of allylic oxidation sites excluding steroid dienone is 1. The van der Waals surface area contributed by atoms with Crippen molar-refractivity contribution in [2.24, 2.45) is 11.7 Å².